The molecule has 0 radical (unpaired) electrons. The maximum atomic E-state index is 12.6. The molecule has 1 aromatic rings. The van der Waals surface area contributed by atoms with Crippen molar-refractivity contribution in [3.63, 3.8) is 0 Å². The molecule has 0 spiro atoms. The van der Waals surface area contributed by atoms with Crippen LogP contribution in [0.3, 0.4) is 0 Å². The Morgan fingerprint density at radius 3 is 2.91 bits per heavy atom. The number of carbonyl (C=O) groups excluding carboxylic acids is 1. The molecule has 4 nitrogen and oxygen atoms in total. The Morgan fingerprint density at radius 2 is 2.14 bits per heavy atom. The lowest BCUT2D eigenvalue weighted by Crippen LogP contribution is -2.44. The van der Waals surface area contributed by atoms with E-state index >= 15 is 0 Å². The van der Waals surface area contributed by atoms with Crippen LogP contribution in [-0.4, -0.2) is 42.1 Å². The molecule has 2 heterocycles. The average molecular weight is 390 g/mol. The first kappa shape index (κ1) is 17.6. The van der Waals surface area contributed by atoms with Crippen molar-refractivity contribution in [1.82, 2.24) is 10.2 Å². The van der Waals surface area contributed by atoms with Gasteiger partial charge in [0.2, 0.25) is 0 Å². The highest BCUT2D eigenvalue weighted by atomic mass is 79.9. The number of likely N-dealkylation sites (tertiary alicyclic amines) is 1. The number of nitrogens with one attached hydrogen (secondary N) is 1. The number of hydrogen-bond acceptors (Lipinski definition) is 3. The van der Waals surface area contributed by atoms with Crippen molar-refractivity contribution in [2.24, 2.45) is 0 Å². The van der Waals surface area contributed by atoms with Crippen molar-refractivity contribution in [1.29, 1.82) is 0 Å². The van der Waals surface area contributed by atoms with E-state index in [0.717, 1.165) is 29.7 Å². The number of carbonyl (C=O) groups is 1. The molecule has 1 amide bonds. The van der Waals surface area contributed by atoms with Gasteiger partial charge in [0.05, 0.1) is 0 Å². The molecular formula is C16H22BrClN2O2. The van der Waals surface area contributed by atoms with Crippen LogP contribution in [0.1, 0.15) is 26.2 Å². The highest BCUT2D eigenvalue weighted by Crippen LogP contribution is 2.22. The summed E-state index contributed by atoms with van der Waals surface area (Å²) in [6.07, 6.45) is 3.02. The Bertz CT molecular complexity index is 529. The topological polar surface area (TPSA) is 41.6 Å². The molecule has 2 aliphatic rings. The minimum absolute atomic E-state index is 0. The molecule has 3 rings (SSSR count). The first-order chi connectivity index (χ1) is 10.1. The van der Waals surface area contributed by atoms with Crippen molar-refractivity contribution in [3.05, 3.63) is 28.7 Å². The van der Waals surface area contributed by atoms with Gasteiger partial charge < -0.3 is 15.0 Å². The minimum atomic E-state index is -0.448. The molecular weight excluding hydrogens is 368 g/mol. The summed E-state index contributed by atoms with van der Waals surface area (Å²) < 4.78 is 6.74. The number of amides is 1. The lowest BCUT2D eigenvalue weighted by atomic mass is 10.1. The van der Waals surface area contributed by atoms with Gasteiger partial charge in [-0.1, -0.05) is 22.0 Å². The Hall–Kier alpha value is -0.780. The van der Waals surface area contributed by atoms with E-state index in [4.69, 9.17) is 4.74 Å². The number of benzene rings is 1. The zero-order valence-corrected chi connectivity index (χ0v) is 15.0. The van der Waals surface area contributed by atoms with E-state index in [1.54, 1.807) is 0 Å². The van der Waals surface area contributed by atoms with Gasteiger partial charge in [-0.05, 0) is 44.4 Å². The molecule has 0 aromatic heterocycles. The van der Waals surface area contributed by atoms with E-state index in [-0.39, 0.29) is 18.3 Å². The van der Waals surface area contributed by atoms with E-state index < -0.39 is 6.10 Å². The predicted octanol–water partition coefficient (Wildman–Crippen LogP) is 2.99. The number of rotatable bonds is 3. The molecule has 3 atom stereocenters. The first-order valence-corrected chi connectivity index (χ1v) is 8.38. The number of ether oxygens (including phenoxy) is 1. The minimum Gasteiger partial charge on any atom is -0.481 e. The van der Waals surface area contributed by atoms with Crippen molar-refractivity contribution in [3.8, 4) is 5.75 Å². The second-order valence-corrected chi connectivity index (χ2v) is 6.84. The highest BCUT2D eigenvalue weighted by Gasteiger charge is 2.32. The molecule has 1 aromatic carbocycles. The first-order valence-electron chi connectivity index (χ1n) is 7.59. The molecule has 2 aliphatic heterocycles. The van der Waals surface area contributed by atoms with Crippen LogP contribution >= 0.6 is 28.3 Å². The van der Waals surface area contributed by atoms with E-state index in [9.17, 15) is 4.79 Å². The number of fused-ring (bicyclic) bond motifs is 2. The Labute approximate surface area is 146 Å². The Balaban J connectivity index is 0.00000176. The van der Waals surface area contributed by atoms with Gasteiger partial charge in [-0.2, -0.15) is 0 Å². The van der Waals surface area contributed by atoms with Crippen molar-refractivity contribution in [2.75, 3.05) is 13.1 Å². The average Bonchev–Trinajstić information content (AvgIpc) is 2.77. The fraction of sp³-hybridized carbons (Fsp3) is 0.562. The van der Waals surface area contributed by atoms with Crippen molar-refractivity contribution in [2.45, 2.75) is 44.4 Å². The molecule has 2 bridgehead atoms. The van der Waals surface area contributed by atoms with Crippen LogP contribution in [-0.2, 0) is 4.79 Å². The zero-order valence-electron chi connectivity index (χ0n) is 12.6. The predicted molar refractivity (Wildman–Crippen MR) is 92.6 cm³/mol. The third-order valence-corrected chi connectivity index (χ3v) is 4.78. The van der Waals surface area contributed by atoms with E-state index in [1.165, 1.54) is 12.8 Å². The van der Waals surface area contributed by atoms with Gasteiger partial charge >= 0.3 is 0 Å². The quantitative estimate of drug-likeness (QED) is 0.864. The fourth-order valence-corrected chi connectivity index (χ4v) is 3.57. The summed E-state index contributed by atoms with van der Waals surface area (Å²) in [4.78, 5) is 14.5. The van der Waals surface area contributed by atoms with Crippen molar-refractivity contribution < 1.29 is 9.53 Å². The summed E-state index contributed by atoms with van der Waals surface area (Å²) in [6, 6.07) is 8.66. The standard InChI is InChI=1S/C16H21BrN2O2.ClH/c1-11(21-15-4-2-3-12(17)9-15)16(20)19-8-7-13-5-6-14(10-19)18-13;/h2-4,9,11,13-14,18H,5-8,10H2,1H3;1H. The van der Waals surface area contributed by atoms with Crippen LogP contribution in [0.2, 0.25) is 0 Å². The van der Waals surface area contributed by atoms with E-state index in [1.807, 2.05) is 36.1 Å². The highest BCUT2D eigenvalue weighted by molar-refractivity contribution is 9.10. The molecule has 0 aliphatic carbocycles. The molecule has 22 heavy (non-hydrogen) atoms. The smallest absolute Gasteiger partial charge is 0.263 e. The number of halogens is 2. The van der Waals surface area contributed by atoms with Crippen LogP contribution < -0.4 is 10.1 Å². The third kappa shape index (κ3) is 4.15. The third-order valence-electron chi connectivity index (χ3n) is 4.29. The normalized spacial score (nSPS) is 25.1. The lowest BCUT2D eigenvalue weighted by Gasteiger charge is -2.27. The van der Waals surface area contributed by atoms with Crippen LogP contribution in [0.15, 0.2) is 28.7 Å². The number of hydrogen-bond donors (Lipinski definition) is 1. The zero-order chi connectivity index (χ0) is 14.8. The summed E-state index contributed by atoms with van der Waals surface area (Å²) in [5, 5.41) is 3.59. The Kier molecular flexibility index (Phi) is 6.12. The maximum absolute atomic E-state index is 12.6. The van der Waals surface area contributed by atoms with Gasteiger partial charge in [0.1, 0.15) is 5.75 Å². The Morgan fingerprint density at radius 1 is 1.36 bits per heavy atom. The van der Waals surface area contributed by atoms with Crippen LogP contribution in [0.4, 0.5) is 0 Å². The van der Waals surface area contributed by atoms with Crippen molar-refractivity contribution >= 4 is 34.2 Å². The molecule has 122 valence electrons. The summed E-state index contributed by atoms with van der Waals surface area (Å²) in [5.41, 5.74) is 0. The summed E-state index contributed by atoms with van der Waals surface area (Å²) in [5.74, 6) is 0.809. The van der Waals surface area contributed by atoms with Crippen LogP contribution in [0.25, 0.3) is 0 Å². The van der Waals surface area contributed by atoms with Crippen LogP contribution in [0, 0.1) is 0 Å². The monoisotopic (exact) mass is 388 g/mol. The molecule has 0 saturated carbocycles. The molecule has 3 unspecified atom stereocenters. The maximum Gasteiger partial charge on any atom is 0.263 e. The molecule has 2 saturated heterocycles. The molecule has 1 N–H and O–H groups in total. The molecule has 6 heteroatoms. The fourth-order valence-electron chi connectivity index (χ4n) is 3.20. The van der Waals surface area contributed by atoms with Gasteiger partial charge in [-0.25, -0.2) is 0 Å². The summed E-state index contributed by atoms with van der Waals surface area (Å²) in [6.45, 7) is 3.47. The van der Waals surface area contributed by atoms with Gasteiger partial charge in [0, 0.05) is 29.6 Å². The second kappa shape index (κ2) is 7.66. The van der Waals surface area contributed by atoms with Gasteiger partial charge in [0.15, 0.2) is 6.10 Å². The van der Waals surface area contributed by atoms with Gasteiger partial charge in [-0.15, -0.1) is 12.4 Å². The summed E-state index contributed by atoms with van der Waals surface area (Å²) in [7, 11) is 0. The number of nitrogens with zero attached hydrogens (tertiary/aromatic N) is 1. The van der Waals surface area contributed by atoms with Gasteiger partial charge in [0.25, 0.3) is 5.91 Å². The molecule has 2 fully saturated rings. The lowest BCUT2D eigenvalue weighted by molar-refractivity contribution is -0.138. The van der Waals surface area contributed by atoms with E-state index in [2.05, 4.69) is 21.2 Å². The second-order valence-electron chi connectivity index (χ2n) is 5.93. The SMILES string of the molecule is CC(Oc1cccc(Br)c1)C(=O)N1CCC2CCC(C1)N2.Cl. The van der Waals surface area contributed by atoms with E-state index in [0.29, 0.717) is 12.1 Å². The van der Waals surface area contributed by atoms with Crippen LogP contribution in [0.5, 0.6) is 5.75 Å². The van der Waals surface area contributed by atoms with Gasteiger partial charge in [-0.3, -0.25) is 4.79 Å². The largest absolute Gasteiger partial charge is 0.481 e. The summed E-state index contributed by atoms with van der Waals surface area (Å²) >= 11 is 3.41.